The minimum absolute atomic E-state index is 0.0365. The fourth-order valence-electron chi connectivity index (χ4n) is 3.97. The number of amides is 1. The van der Waals surface area contributed by atoms with Crippen molar-refractivity contribution in [2.45, 2.75) is 43.9 Å². The smallest absolute Gasteiger partial charge is 0.264 e. The molecule has 1 unspecified atom stereocenters. The predicted molar refractivity (Wildman–Crippen MR) is 132 cm³/mol. The van der Waals surface area contributed by atoms with Crippen LogP contribution in [0.15, 0.2) is 71.6 Å². The van der Waals surface area contributed by atoms with Gasteiger partial charge in [0, 0.05) is 0 Å². The van der Waals surface area contributed by atoms with Gasteiger partial charge < -0.3 is 14.2 Å². The van der Waals surface area contributed by atoms with E-state index in [9.17, 15) is 13.2 Å². The van der Waals surface area contributed by atoms with Crippen LogP contribution < -0.4 is 18.9 Å². The lowest BCUT2D eigenvalue weighted by Crippen LogP contribution is -2.35. The molecule has 0 aliphatic carbocycles. The van der Waals surface area contributed by atoms with Gasteiger partial charge in [-0.05, 0) is 66.3 Å². The van der Waals surface area contributed by atoms with E-state index in [1.165, 1.54) is 12.1 Å². The molecule has 0 saturated heterocycles. The molecule has 3 aromatic rings. The van der Waals surface area contributed by atoms with Crippen molar-refractivity contribution in [1.82, 2.24) is 4.72 Å². The maximum atomic E-state index is 13.5. The van der Waals surface area contributed by atoms with Gasteiger partial charge in [0.05, 0.1) is 17.4 Å². The first-order valence-electron chi connectivity index (χ1n) is 11.6. The molecule has 0 radical (unpaired) electrons. The number of hydrogen-bond donors (Lipinski definition) is 1. The average molecular weight is 496 g/mol. The minimum Gasteiger partial charge on any atom is -0.494 e. The first-order chi connectivity index (χ1) is 16.8. The van der Waals surface area contributed by atoms with Gasteiger partial charge >= 0.3 is 0 Å². The fourth-order valence-corrected chi connectivity index (χ4v) is 4.99. The highest BCUT2D eigenvalue weighted by molar-refractivity contribution is 7.90. The summed E-state index contributed by atoms with van der Waals surface area (Å²) in [5.74, 6) is 0.577. The Bertz CT molecular complexity index is 1300. The molecule has 0 aromatic heterocycles. The van der Waals surface area contributed by atoms with Crippen LogP contribution in [-0.4, -0.2) is 27.7 Å². The zero-order chi connectivity index (χ0) is 25.0. The number of benzene rings is 3. The van der Waals surface area contributed by atoms with Gasteiger partial charge in [-0.15, -0.1) is 0 Å². The molecule has 1 N–H and O–H groups in total. The number of fused-ring (bicyclic) bond motifs is 1. The van der Waals surface area contributed by atoms with Gasteiger partial charge in [-0.1, -0.05) is 50.2 Å². The van der Waals surface area contributed by atoms with Crippen LogP contribution in [0.3, 0.4) is 0 Å². The Kier molecular flexibility index (Phi) is 7.31. The van der Waals surface area contributed by atoms with Crippen LogP contribution in [0.1, 0.15) is 49.3 Å². The van der Waals surface area contributed by atoms with Gasteiger partial charge in [-0.2, -0.15) is 0 Å². The zero-order valence-electron chi connectivity index (χ0n) is 20.0. The SMILES string of the molecule is CCOc1ccccc1CC(C(=O)NS(=O)(=O)c1ccc(C(C)C)cc1)c1ccc2c(c1)OCO2. The second-order valence-electron chi connectivity index (χ2n) is 8.60. The maximum absolute atomic E-state index is 13.5. The molecule has 1 aliphatic heterocycles. The number of rotatable bonds is 9. The van der Waals surface area contributed by atoms with Crippen LogP contribution >= 0.6 is 0 Å². The lowest BCUT2D eigenvalue weighted by Gasteiger charge is -2.20. The number of nitrogens with one attached hydrogen (secondary N) is 1. The predicted octanol–water partition coefficient (Wildman–Crippen LogP) is 4.77. The Hall–Kier alpha value is -3.52. The van der Waals surface area contributed by atoms with Gasteiger partial charge in [-0.25, -0.2) is 13.1 Å². The Balaban J connectivity index is 1.66. The van der Waals surface area contributed by atoms with Crippen LogP contribution in [0.2, 0.25) is 0 Å². The van der Waals surface area contributed by atoms with Crippen molar-refractivity contribution in [3.05, 3.63) is 83.4 Å². The monoisotopic (exact) mass is 495 g/mol. The number of ether oxygens (including phenoxy) is 3. The van der Waals surface area contributed by atoms with Crippen molar-refractivity contribution in [1.29, 1.82) is 0 Å². The lowest BCUT2D eigenvalue weighted by atomic mass is 9.90. The largest absolute Gasteiger partial charge is 0.494 e. The summed E-state index contributed by atoms with van der Waals surface area (Å²) in [7, 11) is -4.07. The number of hydrogen-bond acceptors (Lipinski definition) is 6. The Morgan fingerprint density at radius 3 is 2.37 bits per heavy atom. The van der Waals surface area contributed by atoms with E-state index in [1.807, 2.05) is 45.0 Å². The third-order valence-electron chi connectivity index (χ3n) is 5.90. The van der Waals surface area contributed by atoms with Gasteiger partial charge in [0.25, 0.3) is 10.0 Å². The summed E-state index contributed by atoms with van der Waals surface area (Å²) in [6.45, 7) is 6.51. The molecule has 1 heterocycles. The summed E-state index contributed by atoms with van der Waals surface area (Å²) in [6.07, 6.45) is 0.240. The molecule has 184 valence electrons. The number of para-hydroxylation sites is 1. The quantitative estimate of drug-likeness (QED) is 0.460. The molecule has 1 amide bonds. The summed E-state index contributed by atoms with van der Waals surface area (Å²) in [5.41, 5.74) is 2.43. The van der Waals surface area contributed by atoms with E-state index >= 15 is 0 Å². The molecular formula is C27H29NO6S. The molecule has 0 fully saturated rings. The molecule has 7 nitrogen and oxygen atoms in total. The van der Waals surface area contributed by atoms with Crippen molar-refractivity contribution in [3.63, 3.8) is 0 Å². The third-order valence-corrected chi connectivity index (χ3v) is 7.27. The second-order valence-corrected chi connectivity index (χ2v) is 10.3. The van der Waals surface area contributed by atoms with Crippen LogP contribution in [-0.2, 0) is 21.2 Å². The van der Waals surface area contributed by atoms with Crippen LogP contribution in [0, 0.1) is 0 Å². The zero-order valence-corrected chi connectivity index (χ0v) is 20.8. The van der Waals surface area contributed by atoms with Gasteiger partial charge in [0.2, 0.25) is 12.7 Å². The number of carbonyl (C=O) groups is 1. The normalized spacial score (nSPS) is 13.5. The highest BCUT2D eigenvalue weighted by Gasteiger charge is 2.29. The van der Waals surface area contributed by atoms with Crippen LogP contribution in [0.4, 0.5) is 0 Å². The third kappa shape index (κ3) is 5.59. The van der Waals surface area contributed by atoms with Crippen LogP contribution in [0.25, 0.3) is 0 Å². The van der Waals surface area contributed by atoms with Crippen molar-refractivity contribution < 1.29 is 27.4 Å². The van der Waals surface area contributed by atoms with Gasteiger partial charge in [0.15, 0.2) is 11.5 Å². The van der Waals surface area contributed by atoms with E-state index in [4.69, 9.17) is 14.2 Å². The van der Waals surface area contributed by atoms with E-state index < -0.39 is 21.8 Å². The Labute approximate surface area is 206 Å². The Morgan fingerprint density at radius 1 is 0.971 bits per heavy atom. The van der Waals surface area contributed by atoms with Crippen LogP contribution in [0.5, 0.6) is 17.2 Å². The molecule has 0 spiro atoms. The fraction of sp³-hybridized carbons (Fsp3) is 0.296. The molecular weight excluding hydrogens is 466 g/mol. The molecule has 3 aromatic carbocycles. The molecule has 1 aliphatic rings. The van der Waals surface area contributed by atoms with E-state index in [2.05, 4.69) is 4.72 Å². The van der Waals surface area contributed by atoms with E-state index in [0.29, 0.717) is 29.4 Å². The standard InChI is InChI=1S/C27H29NO6S/c1-4-32-24-8-6-5-7-21(24)15-23(20-11-14-25-26(16-20)34-17-33-25)27(29)28-35(30,31)22-12-9-19(10-13-22)18(2)3/h5-14,16,18,23H,4,15,17H2,1-3H3,(H,28,29). The van der Waals surface area contributed by atoms with Crippen molar-refractivity contribution in [2.75, 3.05) is 13.4 Å². The molecule has 35 heavy (non-hydrogen) atoms. The van der Waals surface area contributed by atoms with Gasteiger partial charge in [-0.3, -0.25) is 4.79 Å². The first-order valence-corrected chi connectivity index (χ1v) is 13.0. The second kappa shape index (κ2) is 10.4. The average Bonchev–Trinajstić information content (AvgIpc) is 3.31. The minimum atomic E-state index is -4.07. The highest BCUT2D eigenvalue weighted by atomic mass is 32.2. The molecule has 1 atom stereocenters. The summed E-state index contributed by atoms with van der Waals surface area (Å²) >= 11 is 0. The summed E-state index contributed by atoms with van der Waals surface area (Å²) < 4.78 is 45.0. The van der Waals surface area contributed by atoms with E-state index in [1.54, 1.807) is 30.3 Å². The molecule has 8 heteroatoms. The molecule has 4 rings (SSSR count). The van der Waals surface area contributed by atoms with Crippen molar-refractivity contribution in [2.24, 2.45) is 0 Å². The molecule has 0 saturated carbocycles. The molecule has 0 bridgehead atoms. The van der Waals surface area contributed by atoms with Crippen molar-refractivity contribution in [3.8, 4) is 17.2 Å². The summed E-state index contributed by atoms with van der Waals surface area (Å²) in [5, 5.41) is 0. The van der Waals surface area contributed by atoms with E-state index in [0.717, 1.165) is 11.1 Å². The highest BCUT2D eigenvalue weighted by Crippen LogP contribution is 2.36. The maximum Gasteiger partial charge on any atom is 0.264 e. The number of carbonyl (C=O) groups excluding carboxylic acids is 1. The topological polar surface area (TPSA) is 90.9 Å². The van der Waals surface area contributed by atoms with E-state index in [-0.39, 0.29) is 24.0 Å². The summed E-state index contributed by atoms with van der Waals surface area (Å²) in [4.78, 5) is 13.5. The van der Waals surface area contributed by atoms with Gasteiger partial charge in [0.1, 0.15) is 5.75 Å². The van der Waals surface area contributed by atoms with Crippen molar-refractivity contribution >= 4 is 15.9 Å². The number of sulfonamides is 1. The lowest BCUT2D eigenvalue weighted by molar-refractivity contribution is -0.120. The first kappa shape index (κ1) is 24.6. The Morgan fingerprint density at radius 2 is 1.66 bits per heavy atom. The summed E-state index contributed by atoms with van der Waals surface area (Å²) in [6, 6.07) is 19.2.